The maximum absolute atomic E-state index is 12.8. The molecule has 1 fully saturated rings. The number of carbonyl (C=O) groups excluding carboxylic acids is 1. The topological polar surface area (TPSA) is 52.5 Å². The van der Waals surface area contributed by atoms with Gasteiger partial charge >= 0.3 is 0 Å². The molecule has 0 atom stereocenters. The van der Waals surface area contributed by atoms with Crippen molar-refractivity contribution in [2.45, 2.75) is 31.8 Å². The van der Waals surface area contributed by atoms with Crippen molar-refractivity contribution in [1.82, 2.24) is 4.57 Å². The third-order valence-corrected chi connectivity index (χ3v) is 5.20. The van der Waals surface area contributed by atoms with Gasteiger partial charge in [0.2, 0.25) is 0 Å². The molecule has 1 heterocycles. The minimum atomic E-state index is -0.148. The molecule has 140 valence electrons. The van der Waals surface area contributed by atoms with E-state index in [9.17, 15) is 4.79 Å². The molecular formula is C22H24N2O3. The number of benzene rings is 2. The zero-order valence-electron chi connectivity index (χ0n) is 15.7. The van der Waals surface area contributed by atoms with Crippen LogP contribution in [0.4, 0.5) is 5.69 Å². The van der Waals surface area contributed by atoms with Crippen LogP contribution in [0.5, 0.6) is 11.5 Å². The van der Waals surface area contributed by atoms with Crippen LogP contribution in [0.2, 0.25) is 0 Å². The van der Waals surface area contributed by atoms with E-state index in [1.54, 1.807) is 7.11 Å². The lowest BCUT2D eigenvalue weighted by atomic mass is 10.2. The number of hydrogen-bond acceptors (Lipinski definition) is 3. The van der Waals surface area contributed by atoms with E-state index in [4.69, 9.17) is 9.47 Å². The molecule has 1 aromatic heterocycles. The molecule has 5 nitrogen and oxygen atoms in total. The van der Waals surface area contributed by atoms with Crippen molar-refractivity contribution in [3.63, 3.8) is 0 Å². The van der Waals surface area contributed by atoms with E-state index in [1.807, 2.05) is 60.1 Å². The average molecular weight is 364 g/mol. The Bertz CT molecular complexity index is 971. The van der Waals surface area contributed by atoms with Crippen LogP contribution in [0.25, 0.3) is 10.9 Å². The number of aryl methyl sites for hydroxylation is 1. The molecule has 3 aromatic rings. The fourth-order valence-electron chi connectivity index (χ4n) is 3.73. The van der Waals surface area contributed by atoms with Gasteiger partial charge in [-0.15, -0.1) is 0 Å². The Morgan fingerprint density at radius 1 is 1.07 bits per heavy atom. The molecule has 0 spiro atoms. The average Bonchev–Trinajstić information content (AvgIpc) is 3.30. The first-order valence-electron chi connectivity index (χ1n) is 9.36. The number of carbonyl (C=O) groups is 1. The van der Waals surface area contributed by atoms with E-state index in [2.05, 4.69) is 5.32 Å². The lowest BCUT2D eigenvalue weighted by Gasteiger charge is -2.17. The lowest BCUT2D eigenvalue weighted by Crippen LogP contribution is -2.16. The Morgan fingerprint density at radius 3 is 2.59 bits per heavy atom. The molecule has 4 rings (SSSR count). The van der Waals surface area contributed by atoms with Gasteiger partial charge in [0.15, 0.2) is 11.5 Å². The molecule has 1 amide bonds. The Kier molecular flexibility index (Phi) is 4.75. The van der Waals surface area contributed by atoms with Gasteiger partial charge in [-0.25, -0.2) is 0 Å². The first kappa shape index (κ1) is 17.5. The number of amides is 1. The van der Waals surface area contributed by atoms with Gasteiger partial charge in [-0.1, -0.05) is 18.2 Å². The number of anilines is 1. The molecular weight excluding hydrogens is 340 g/mol. The van der Waals surface area contributed by atoms with E-state index < -0.39 is 0 Å². The summed E-state index contributed by atoms with van der Waals surface area (Å²) in [7, 11) is 3.53. The van der Waals surface area contributed by atoms with Crippen LogP contribution < -0.4 is 14.8 Å². The Hall–Kier alpha value is -2.95. The van der Waals surface area contributed by atoms with Gasteiger partial charge in [0.25, 0.3) is 5.91 Å². The standard InChI is InChI=1S/C22H24N2O3/c1-24-18-10-6-3-7-15(18)13-19(24)22(25)23-16-11-12-20(26-2)21(14-16)27-17-8-4-5-9-17/h3,6-7,10-14,17H,4-5,8-9H2,1-2H3,(H,23,25). The minimum absolute atomic E-state index is 0.148. The molecule has 0 radical (unpaired) electrons. The first-order chi connectivity index (χ1) is 13.2. The van der Waals surface area contributed by atoms with Crippen LogP contribution in [0.3, 0.4) is 0 Å². The molecule has 5 heteroatoms. The molecule has 1 aliphatic rings. The Morgan fingerprint density at radius 2 is 1.85 bits per heavy atom. The quantitative estimate of drug-likeness (QED) is 0.710. The second kappa shape index (κ2) is 7.35. The Balaban J connectivity index is 1.57. The second-order valence-electron chi connectivity index (χ2n) is 6.99. The van der Waals surface area contributed by atoms with Crippen LogP contribution in [0.15, 0.2) is 48.5 Å². The van der Waals surface area contributed by atoms with E-state index in [0.717, 1.165) is 23.7 Å². The Labute approximate surface area is 158 Å². The summed E-state index contributed by atoms with van der Waals surface area (Å²) >= 11 is 0. The zero-order valence-corrected chi connectivity index (χ0v) is 15.7. The van der Waals surface area contributed by atoms with Gasteiger partial charge in [0.05, 0.1) is 13.2 Å². The molecule has 1 aliphatic carbocycles. The number of ether oxygens (including phenoxy) is 2. The predicted octanol–water partition coefficient (Wildman–Crippen LogP) is 4.76. The molecule has 2 aromatic carbocycles. The number of para-hydroxylation sites is 1. The number of rotatable bonds is 5. The highest BCUT2D eigenvalue weighted by atomic mass is 16.5. The number of nitrogens with zero attached hydrogens (tertiary/aromatic N) is 1. The molecule has 1 N–H and O–H groups in total. The molecule has 0 bridgehead atoms. The van der Waals surface area contributed by atoms with E-state index in [0.29, 0.717) is 22.9 Å². The number of methoxy groups -OCH3 is 1. The van der Waals surface area contributed by atoms with Gasteiger partial charge in [-0.2, -0.15) is 0 Å². The van der Waals surface area contributed by atoms with Crippen molar-refractivity contribution >= 4 is 22.5 Å². The molecule has 0 unspecified atom stereocenters. The third-order valence-electron chi connectivity index (χ3n) is 5.20. The summed E-state index contributed by atoms with van der Waals surface area (Å²) in [5.41, 5.74) is 2.34. The van der Waals surface area contributed by atoms with Crippen molar-refractivity contribution in [1.29, 1.82) is 0 Å². The SMILES string of the molecule is COc1ccc(NC(=O)c2cc3ccccc3n2C)cc1OC1CCCC1. The van der Waals surface area contributed by atoms with Gasteiger partial charge < -0.3 is 19.4 Å². The predicted molar refractivity (Wildman–Crippen MR) is 107 cm³/mol. The monoisotopic (exact) mass is 364 g/mol. The maximum Gasteiger partial charge on any atom is 0.272 e. The van der Waals surface area contributed by atoms with Crippen LogP contribution >= 0.6 is 0 Å². The highest BCUT2D eigenvalue weighted by molar-refractivity contribution is 6.06. The van der Waals surface area contributed by atoms with Crippen LogP contribution in [0, 0.1) is 0 Å². The molecule has 27 heavy (non-hydrogen) atoms. The molecule has 0 aliphatic heterocycles. The second-order valence-corrected chi connectivity index (χ2v) is 6.99. The van der Waals surface area contributed by atoms with Crippen molar-refractivity contribution in [3.05, 3.63) is 54.2 Å². The summed E-state index contributed by atoms with van der Waals surface area (Å²) in [4.78, 5) is 12.8. The fraction of sp³-hybridized carbons (Fsp3) is 0.318. The summed E-state index contributed by atoms with van der Waals surface area (Å²) in [6, 6.07) is 15.4. The maximum atomic E-state index is 12.8. The minimum Gasteiger partial charge on any atom is -0.493 e. The highest BCUT2D eigenvalue weighted by Crippen LogP contribution is 2.34. The summed E-state index contributed by atoms with van der Waals surface area (Å²) in [6.07, 6.45) is 4.75. The van der Waals surface area contributed by atoms with Gasteiger partial charge in [0, 0.05) is 29.7 Å². The van der Waals surface area contributed by atoms with Crippen molar-refractivity contribution in [3.8, 4) is 11.5 Å². The van der Waals surface area contributed by atoms with E-state index in [-0.39, 0.29) is 12.0 Å². The van der Waals surface area contributed by atoms with Crippen LogP contribution in [-0.4, -0.2) is 23.7 Å². The van der Waals surface area contributed by atoms with E-state index >= 15 is 0 Å². The van der Waals surface area contributed by atoms with Crippen LogP contribution in [0.1, 0.15) is 36.2 Å². The van der Waals surface area contributed by atoms with Crippen molar-refractivity contribution in [2.24, 2.45) is 7.05 Å². The lowest BCUT2D eigenvalue weighted by molar-refractivity contribution is 0.101. The summed E-state index contributed by atoms with van der Waals surface area (Å²) in [6.45, 7) is 0. The molecule has 1 saturated carbocycles. The van der Waals surface area contributed by atoms with E-state index in [1.165, 1.54) is 12.8 Å². The largest absolute Gasteiger partial charge is 0.493 e. The normalized spacial score (nSPS) is 14.4. The van der Waals surface area contributed by atoms with Crippen molar-refractivity contribution < 1.29 is 14.3 Å². The van der Waals surface area contributed by atoms with Crippen LogP contribution in [-0.2, 0) is 7.05 Å². The summed E-state index contributed by atoms with van der Waals surface area (Å²) in [5, 5.41) is 4.03. The first-order valence-corrected chi connectivity index (χ1v) is 9.36. The number of nitrogens with one attached hydrogen (secondary N) is 1. The van der Waals surface area contributed by atoms with Gasteiger partial charge in [0.1, 0.15) is 5.69 Å². The number of hydrogen-bond donors (Lipinski definition) is 1. The smallest absolute Gasteiger partial charge is 0.272 e. The molecule has 0 saturated heterocycles. The summed E-state index contributed by atoms with van der Waals surface area (Å²) < 4.78 is 13.4. The van der Waals surface area contributed by atoms with Crippen molar-refractivity contribution in [2.75, 3.05) is 12.4 Å². The number of fused-ring (bicyclic) bond motifs is 1. The van der Waals surface area contributed by atoms with Gasteiger partial charge in [-0.05, 0) is 49.9 Å². The fourth-order valence-corrected chi connectivity index (χ4v) is 3.73. The third kappa shape index (κ3) is 3.50. The summed E-state index contributed by atoms with van der Waals surface area (Å²) in [5.74, 6) is 1.22. The highest BCUT2D eigenvalue weighted by Gasteiger charge is 2.19. The van der Waals surface area contributed by atoms with Gasteiger partial charge in [-0.3, -0.25) is 4.79 Å². The zero-order chi connectivity index (χ0) is 18.8. The number of aromatic nitrogens is 1.